The number of carbonyl (C=O) groups is 2. The standard InChI is InChI=1S/C7H8O5/c8-4-5(7(11)12)2-1-3-6(9)10/h1-3H2,(H,9,10)(H,11,12). The fourth-order valence-corrected chi connectivity index (χ4v) is 0.618. The van der Waals surface area contributed by atoms with Gasteiger partial charge in [-0.05, 0) is 12.8 Å². The zero-order valence-corrected chi connectivity index (χ0v) is 6.24. The van der Waals surface area contributed by atoms with Crippen LogP contribution in [0.4, 0.5) is 0 Å². The van der Waals surface area contributed by atoms with Crippen LogP contribution in [0.5, 0.6) is 0 Å². The first-order chi connectivity index (χ1) is 5.57. The maximum Gasteiger partial charge on any atom is 0.342 e. The van der Waals surface area contributed by atoms with Crippen LogP contribution >= 0.6 is 0 Å². The Balaban J connectivity index is 3.84. The normalized spacial score (nSPS) is 8.67. The molecular weight excluding hydrogens is 164 g/mol. The summed E-state index contributed by atoms with van der Waals surface area (Å²) < 4.78 is 0. The number of hydrogen-bond acceptors (Lipinski definition) is 3. The molecule has 0 spiro atoms. The lowest BCUT2D eigenvalue weighted by atomic mass is 10.1. The van der Waals surface area contributed by atoms with E-state index in [1.165, 1.54) is 5.94 Å². The highest BCUT2D eigenvalue weighted by atomic mass is 16.4. The Kier molecular flexibility index (Phi) is 4.41. The number of carboxylic acids is 2. The van der Waals surface area contributed by atoms with Gasteiger partial charge in [-0.3, -0.25) is 4.79 Å². The Bertz CT molecular complexity index is 236. The molecule has 0 aliphatic carbocycles. The van der Waals surface area contributed by atoms with E-state index in [0.717, 1.165) is 0 Å². The maximum absolute atomic E-state index is 10.2. The van der Waals surface area contributed by atoms with Crippen LogP contribution in [0.3, 0.4) is 0 Å². The van der Waals surface area contributed by atoms with E-state index in [1.807, 2.05) is 0 Å². The summed E-state index contributed by atoms with van der Waals surface area (Å²) in [6, 6.07) is 0. The van der Waals surface area contributed by atoms with E-state index in [9.17, 15) is 14.4 Å². The van der Waals surface area contributed by atoms with Crippen LogP contribution in [0.1, 0.15) is 19.3 Å². The number of carboxylic acid groups (broad SMARTS) is 2. The molecule has 0 bridgehead atoms. The van der Waals surface area contributed by atoms with E-state index >= 15 is 0 Å². The van der Waals surface area contributed by atoms with E-state index in [2.05, 4.69) is 0 Å². The highest BCUT2D eigenvalue weighted by Crippen LogP contribution is 2.03. The first-order valence-electron chi connectivity index (χ1n) is 3.27. The Hall–Kier alpha value is -1.61. The fraction of sp³-hybridized carbons (Fsp3) is 0.429. The monoisotopic (exact) mass is 172 g/mol. The molecule has 0 saturated carbocycles. The molecule has 0 aromatic rings. The summed E-state index contributed by atoms with van der Waals surface area (Å²) in [5, 5.41) is 16.5. The van der Waals surface area contributed by atoms with Crippen LogP contribution in [-0.4, -0.2) is 28.1 Å². The number of rotatable bonds is 5. The van der Waals surface area contributed by atoms with Gasteiger partial charge >= 0.3 is 11.9 Å². The summed E-state index contributed by atoms with van der Waals surface area (Å²) in [5.74, 6) is -1.10. The third kappa shape index (κ3) is 4.24. The largest absolute Gasteiger partial charge is 0.481 e. The van der Waals surface area contributed by atoms with Gasteiger partial charge in [0.05, 0.1) is 0 Å². The molecule has 0 radical (unpaired) electrons. The Morgan fingerprint density at radius 3 is 2.08 bits per heavy atom. The average molecular weight is 172 g/mol. The first-order valence-corrected chi connectivity index (χ1v) is 3.27. The van der Waals surface area contributed by atoms with Gasteiger partial charge < -0.3 is 10.2 Å². The lowest BCUT2D eigenvalue weighted by Gasteiger charge is -1.94. The number of aliphatic carboxylic acids is 2. The molecule has 0 aliphatic rings. The molecule has 2 N–H and O–H groups in total. The van der Waals surface area contributed by atoms with Gasteiger partial charge in [0.25, 0.3) is 0 Å². The van der Waals surface area contributed by atoms with Gasteiger partial charge in [-0.25, -0.2) is 9.59 Å². The van der Waals surface area contributed by atoms with Crippen LogP contribution in [0.2, 0.25) is 0 Å². The van der Waals surface area contributed by atoms with Crippen molar-refractivity contribution >= 4 is 17.9 Å². The van der Waals surface area contributed by atoms with Gasteiger partial charge in [0.15, 0.2) is 0 Å². The summed E-state index contributed by atoms with van der Waals surface area (Å²) in [6.45, 7) is 0. The van der Waals surface area contributed by atoms with Gasteiger partial charge in [-0.15, -0.1) is 0 Å². The summed E-state index contributed by atoms with van der Waals surface area (Å²) in [4.78, 5) is 30.1. The third-order valence-electron chi connectivity index (χ3n) is 1.20. The molecule has 0 unspecified atom stereocenters. The number of carbonyl (C=O) groups excluding carboxylic acids is 1. The van der Waals surface area contributed by atoms with Crippen molar-refractivity contribution in [1.82, 2.24) is 0 Å². The van der Waals surface area contributed by atoms with E-state index in [4.69, 9.17) is 10.2 Å². The summed E-state index contributed by atoms with van der Waals surface area (Å²) >= 11 is 0. The third-order valence-corrected chi connectivity index (χ3v) is 1.20. The molecule has 0 fully saturated rings. The lowest BCUT2D eigenvalue weighted by Crippen LogP contribution is -2.02. The van der Waals surface area contributed by atoms with Crippen molar-refractivity contribution in [2.24, 2.45) is 0 Å². The minimum atomic E-state index is -1.34. The lowest BCUT2D eigenvalue weighted by molar-refractivity contribution is -0.137. The van der Waals surface area contributed by atoms with Gasteiger partial charge in [-0.1, -0.05) is 0 Å². The summed E-state index contributed by atoms with van der Waals surface area (Å²) in [6.07, 6.45) is -0.0458. The Morgan fingerprint density at radius 2 is 1.75 bits per heavy atom. The molecule has 5 nitrogen and oxygen atoms in total. The SMILES string of the molecule is O=C=C(CCCC(=O)O)C(=O)O. The van der Waals surface area contributed by atoms with Crippen molar-refractivity contribution in [3.63, 3.8) is 0 Å². The molecule has 12 heavy (non-hydrogen) atoms. The predicted octanol–water partition coefficient (Wildman–Crippen LogP) is 0.0839. The fourth-order valence-electron chi connectivity index (χ4n) is 0.618. The van der Waals surface area contributed by atoms with Crippen LogP contribution in [0.15, 0.2) is 5.57 Å². The topological polar surface area (TPSA) is 91.7 Å². The van der Waals surface area contributed by atoms with Crippen molar-refractivity contribution in [2.75, 3.05) is 0 Å². The molecule has 0 atom stereocenters. The van der Waals surface area contributed by atoms with E-state index in [0.29, 0.717) is 0 Å². The second kappa shape index (κ2) is 5.09. The van der Waals surface area contributed by atoms with Gasteiger partial charge in [0, 0.05) is 6.42 Å². The number of hydrogen-bond donors (Lipinski definition) is 2. The molecular formula is C7H8O5. The molecule has 0 rings (SSSR count). The molecule has 0 amide bonds. The zero-order chi connectivity index (χ0) is 9.56. The molecule has 5 heteroatoms. The van der Waals surface area contributed by atoms with Crippen molar-refractivity contribution in [3.8, 4) is 0 Å². The summed E-state index contributed by atoms with van der Waals surface area (Å²) in [5.41, 5.74) is -0.406. The predicted molar refractivity (Wildman–Crippen MR) is 38.3 cm³/mol. The molecule has 0 saturated heterocycles. The smallest absolute Gasteiger partial charge is 0.342 e. The Morgan fingerprint density at radius 1 is 1.17 bits per heavy atom. The Labute approximate surface area is 68.3 Å². The van der Waals surface area contributed by atoms with Gasteiger partial charge in [-0.2, -0.15) is 0 Å². The van der Waals surface area contributed by atoms with Crippen LogP contribution in [-0.2, 0) is 14.4 Å². The van der Waals surface area contributed by atoms with E-state index in [-0.39, 0.29) is 19.3 Å². The van der Waals surface area contributed by atoms with Crippen molar-refractivity contribution in [1.29, 1.82) is 0 Å². The molecule has 66 valence electrons. The quantitative estimate of drug-likeness (QED) is 0.452. The van der Waals surface area contributed by atoms with Crippen LogP contribution in [0, 0.1) is 0 Å². The van der Waals surface area contributed by atoms with E-state index in [1.54, 1.807) is 0 Å². The zero-order valence-electron chi connectivity index (χ0n) is 6.24. The van der Waals surface area contributed by atoms with Crippen LogP contribution in [0.25, 0.3) is 0 Å². The van der Waals surface area contributed by atoms with Crippen molar-refractivity contribution < 1.29 is 24.6 Å². The molecule has 0 aromatic carbocycles. The average Bonchev–Trinajstić information content (AvgIpc) is 1.96. The minimum absolute atomic E-state index is 0.0505. The molecule has 0 aromatic heterocycles. The second-order valence-electron chi connectivity index (χ2n) is 2.13. The van der Waals surface area contributed by atoms with Gasteiger partial charge in [0.1, 0.15) is 11.5 Å². The molecule has 0 heterocycles. The van der Waals surface area contributed by atoms with Crippen molar-refractivity contribution in [2.45, 2.75) is 19.3 Å². The summed E-state index contributed by atoms with van der Waals surface area (Å²) in [7, 11) is 0. The second-order valence-corrected chi connectivity index (χ2v) is 2.13. The minimum Gasteiger partial charge on any atom is -0.481 e. The van der Waals surface area contributed by atoms with Gasteiger partial charge in [0.2, 0.25) is 0 Å². The highest BCUT2D eigenvalue weighted by Gasteiger charge is 2.08. The molecule has 0 aliphatic heterocycles. The highest BCUT2D eigenvalue weighted by molar-refractivity contribution is 5.95. The maximum atomic E-state index is 10.2. The van der Waals surface area contributed by atoms with E-state index < -0.39 is 17.5 Å². The van der Waals surface area contributed by atoms with Crippen molar-refractivity contribution in [3.05, 3.63) is 5.57 Å². The van der Waals surface area contributed by atoms with Crippen LogP contribution < -0.4 is 0 Å². The first kappa shape index (κ1) is 10.4.